The zero-order chi connectivity index (χ0) is 16.9. The molecule has 0 atom stereocenters. The van der Waals surface area contributed by atoms with E-state index in [4.69, 9.17) is 0 Å². The molecule has 0 aliphatic carbocycles. The molecule has 0 amide bonds. The minimum Gasteiger partial charge on any atom is -0.506 e. The van der Waals surface area contributed by atoms with Crippen molar-refractivity contribution in [2.75, 3.05) is 0 Å². The Labute approximate surface area is 161 Å². The van der Waals surface area contributed by atoms with Gasteiger partial charge in [-0.3, -0.25) is 0 Å². The molecule has 0 aromatic carbocycles. The first-order valence-electron chi connectivity index (χ1n) is 8.38. The summed E-state index contributed by atoms with van der Waals surface area (Å²) in [6.45, 7) is 21.8. The topological polar surface area (TPSA) is 13.0 Å². The summed E-state index contributed by atoms with van der Waals surface area (Å²) in [6.07, 6.45) is 8.46. The molecule has 0 aromatic rings. The summed E-state index contributed by atoms with van der Waals surface area (Å²) in [4.78, 5) is 8.83. The second kappa shape index (κ2) is 11.7. The van der Waals surface area contributed by atoms with Crippen LogP contribution >= 0.6 is 0 Å². The van der Waals surface area contributed by atoms with Crippen LogP contribution in [0.4, 0.5) is 0 Å². The summed E-state index contributed by atoms with van der Waals surface area (Å²) in [7, 11) is 0. The smallest absolute Gasteiger partial charge is 0.506 e. The van der Waals surface area contributed by atoms with Crippen molar-refractivity contribution < 1.29 is 16.5 Å². The fourth-order valence-corrected chi connectivity index (χ4v) is 1.99. The van der Waals surface area contributed by atoms with Crippen molar-refractivity contribution in [2.45, 2.75) is 79.6 Å². The average Bonchev–Trinajstić information content (AvgIpc) is 3.09. The molecule has 0 unspecified atom stereocenters. The zero-order valence-corrected chi connectivity index (χ0v) is 17.9. The molecule has 0 spiro atoms. The fraction of sp³-hybridized carbons (Fsp3) is 0.632. The Morgan fingerprint density at radius 2 is 0.667 bits per heavy atom. The number of hydrogen-bond acceptors (Lipinski definition) is 4. The average molecular weight is 380 g/mol. The maximum atomic E-state index is 2.21. The number of nitrogens with zero attached hydrogens (tertiary/aromatic N) is 4. The standard InChI is InChI=1S/2C9H17N2.CH3.Ni/c2*1-8(2)10-5-6-11(7-10)9(3)4;;/h2*5-9H,1-4H3;1H3;/q3*-1;+3. The van der Waals surface area contributed by atoms with Gasteiger partial charge in [0.1, 0.15) is 0 Å². The summed E-state index contributed by atoms with van der Waals surface area (Å²) < 4.78 is 0. The molecule has 24 heavy (non-hydrogen) atoms. The Morgan fingerprint density at radius 3 is 0.750 bits per heavy atom. The molecule has 0 N–H and O–H groups in total. The van der Waals surface area contributed by atoms with Gasteiger partial charge in [-0.15, -0.1) is 0 Å². The van der Waals surface area contributed by atoms with Crippen LogP contribution < -0.4 is 0 Å². The minimum absolute atomic E-state index is 0. The van der Waals surface area contributed by atoms with Gasteiger partial charge in [-0.05, 0) is 104 Å². The van der Waals surface area contributed by atoms with Crippen LogP contribution in [0.25, 0.3) is 0 Å². The van der Waals surface area contributed by atoms with E-state index < -0.39 is 0 Å². The van der Waals surface area contributed by atoms with E-state index in [1.54, 1.807) is 0 Å². The van der Waals surface area contributed by atoms with Crippen molar-refractivity contribution in [1.82, 2.24) is 19.6 Å². The van der Waals surface area contributed by atoms with Crippen molar-refractivity contribution in [3.05, 3.63) is 45.6 Å². The zero-order valence-electron chi connectivity index (χ0n) is 16.9. The van der Waals surface area contributed by atoms with Crippen molar-refractivity contribution in [1.29, 1.82) is 0 Å². The van der Waals surface area contributed by atoms with E-state index in [1.807, 2.05) is 0 Å². The molecule has 4 nitrogen and oxygen atoms in total. The van der Waals surface area contributed by atoms with Crippen LogP contribution in [0.5, 0.6) is 0 Å². The quantitative estimate of drug-likeness (QED) is 0.527. The maximum absolute atomic E-state index is 2.21. The molecule has 5 heteroatoms. The monoisotopic (exact) mass is 379 g/mol. The second-order valence-corrected chi connectivity index (χ2v) is 6.99. The first-order chi connectivity index (χ1) is 10.2. The van der Waals surface area contributed by atoms with Crippen molar-refractivity contribution >= 4 is 0 Å². The summed E-state index contributed by atoms with van der Waals surface area (Å²) in [5, 5.41) is 0. The van der Waals surface area contributed by atoms with Gasteiger partial charge in [0.05, 0.1) is 0 Å². The second-order valence-electron chi connectivity index (χ2n) is 6.99. The molecule has 0 bridgehead atoms. The van der Waals surface area contributed by atoms with E-state index in [-0.39, 0.29) is 23.9 Å². The third-order valence-electron chi connectivity index (χ3n) is 3.74. The Bertz CT molecular complexity index is 310. The maximum Gasteiger partial charge on any atom is 3.00 e. The van der Waals surface area contributed by atoms with E-state index in [0.29, 0.717) is 24.2 Å². The molecule has 2 aliphatic rings. The van der Waals surface area contributed by atoms with Crippen LogP contribution in [0, 0.1) is 20.8 Å². The largest absolute Gasteiger partial charge is 3.00 e. The van der Waals surface area contributed by atoms with Crippen LogP contribution in [-0.2, 0) is 16.5 Å². The Balaban J connectivity index is 0. The van der Waals surface area contributed by atoms with E-state index in [1.165, 1.54) is 0 Å². The van der Waals surface area contributed by atoms with E-state index in [0.717, 1.165) is 0 Å². The van der Waals surface area contributed by atoms with Gasteiger partial charge in [0.25, 0.3) is 0 Å². The molecule has 2 rings (SSSR count). The van der Waals surface area contributed by atoms with Crippen LogP contribution in [0.15, 0.2) is 24.8 Å². The molecule has 2 aliphatic heterocycles. The first-order valence-corrected chi connectivity index (χ1v) is 8.38. The van der Waals surface area contributed by atoms with E-state index in [2.05, 4.69) is 113 Å². The van der Waals surface area contributed by atoms with Gasteiger partial charge in [0, 0.05) is 0 Å². The molecule has 0 fully saturated rings. The molecular weight excluding hydrogens is 343 g/mol. The van der Waals surface area contributed by atoms with Gasteiger partial charge in [-0.1, -0.05) is 0 Å². The Hall–Kier alpha value is -0.826. The Kier molecular flexibility index (Phi) is 12.4. The minimum atomic E-state index is 0. The van der Waals surface area contributed by atoms with Gasteiger partial charge in [-0.2, -0.15) is 13.3 Å². The van der Waals surface area contributed by atoms with Crippen LogP contribution in [0.2, 0.25) is 0 Å². The summed E-state index contributed by atoms with van der Waals surface area (Å²) >= 11 is 0. The molecule has 1 radical (unpaired) electrons. The SMILES string of the molecule is CC(C)N1C=CN(C(C)C)[CH-]1.CC(C)N1C=CN(C(C)C)[CH-]1.[CH3-].[Ni+3]. The molecule has 0 saturated heterocycles. The van der Waals surface area contributed by atoms with Crippen molar-refractivity contribution in [3.8, 4) is 0 Å². The van der Waals surface area contributed by atoms with Gasteiger partial charge in [0.2, 0.25) is 0 Å². The van der Waals surface area contributed by atoms with Crippen LogP contribution in [0.1, 0.15) is 55.4 Å². The molecular formula is C19H37N4Ni. The number of rotatable bonds is 4. The van der Waals surface area contributed by atoms with Gasteiger partial charge >= 0.3 is 16.5 Å². The predicted octanol–water partition coefficient (Wildman–Crippen LogP) is 4.47. The summed E-state index contributed by atoms with van der Waals surface area (Å²) in [5.41, 5.74) is 0. The molecule has 0 aromatic heterocycles. The predicted molar refractivity (Wildman–Crippen MR) is 101 cm³/mol. The Morgan fingerprint density at radius 1 is 0.500 bits per heavy atom. The summed E-state index contributed by atoms with van der Waals surface area (Å²) in [6, 6.07) is 2.26. The van der Waals surface area contributed by atoms with E-state index in [9.17, 15) is 0 Å². The fourth-order valence-electron chi connectivity index (χ4n) is 1.99. The number of hydrogen-bond donors (Lipinski definition) is 0. The van der Waals surface area contributed by atoms with Crippen molar-refractivity contribution in [2.24, 2.45) is 0 Å². The van der Waals surface area contributed by atoms with Gasteiger partial charge in [-0.25, -0.2) is 0 Å². The van der Waals surface area contributed by atoms with Crippen molar-refractivity contribution in [3.63, 3.8) is 0 Å². The first kappa shape index (κ1) is 25.4. The third kappa shape index (κ3) is 7.83. The van der Waals surface area contributed by atoms with Gasteiger partial charge in [0.15, 0.2) is 0 Å². The normalized spacial score (nSPS) is 16.2. The molecule has 0 saturated carbocycles. The summed E-state index contributed by atoms with van der Waals surface area (Å²) in [5.74, 6) is 0. The third-order valence-corrected chi connectivity index (χ3v) is 3.74. The van der Waals surface area contributed by atoms with Crippen LogP contribution in [0.3, 0.4) is 0 Å². The van der Waals surface area contributed by atoms with E-state index >= 15 is 0 Å². The molecule has 2 heterocycles. The van der Waals surface area contributed by atoms with Crippen LogP contribution in [-0.4, -0.2) is 43.8 Å². The molecule has 143 valence electrons. The van der Waals surface area contributed by atoms with Gasteiger partial charge < -0.3 is 27.0 Å².